The molecule has 1 aromatic heterocycles. The lowest BCUT2D eigenvalue weighted by Crippen LogP contribution is -2.04. The van der Waals surface area contributed by atoms with Crippen molar-refractivity contribution in [3.05, 3.63) is 53.7 Å². The standard InChI is InChI=1S/C15H18N2OS/c1-4-12-6-5-7-13(11(2)3)14(12)10-18-15-8-9-17(19)16-15/h5-9,19H,2,4,10H2,1,3H3. The first kappa shape index (κ1) is 13.7. The molecule has 0 spiro atoms. The Hall–Kier alpha value is -1.68. The average Bonchev–Trinajstić information content (AvgIpc) is 2.81. The Morgan fingerprint density at radius 2 is 2.21 bits per heavy atom. The van der Waals surface area contributed by atoms with E-state index in [4.69, 9.17) is 4.74 Å². The quantitative estimate of drug-likeness (QED) is 0.841. The zero-order chi connectivity index (χ0) is 13.8. The van der Waals surface area contributed by atoms with Crippen LogP contribution in [0.25, 0.3) is 5.57 Å². The molecule has 0 fully saturated rings. The molecule has 1 heterocycles. The second-order valence-corrected chi connectivity index (χ2v) is 4.85. The van der Waals surface area contributed by atoms with Crippen LogP contribution in [0.15, 0.2) is 37.0 Å². The molecule has 0 atom stereocenters. The summed E-state index contributed by atoms with van der Waals surface area (Å²) in [5, 5.41) is 4.09. The van der Waals surface area contributed by atoms with Crippen LogP contribution in [-0.4, -0.2) is 9.19 Å². The maximum atomic E-state index is 5.72. The molecule has 0 saturated heterocycles. The minimum atomic E-state index is 0.497. The van der Waals surface area contributed by atoms with Crippen molar-refractivity contribution in [2.45, 2.75) is 26.9 Å². The van der Waals surface area contributed by atoms with Gasteiger partial charge in [0.25, 0.3) is 0 Å². The molecular weight excluding hydrogens is 256 g/mol. The van der Waals surface area contributed by atoms with Crippen LogP contribution in [0, 0.1) is 0 Å². The fourth-order valence-electron chi connectivity index (χ4n) is 2.06. The van der Waals surface area contributed by atoms with Crippen LogP contribution in [0.2, 0.25) is 0 Å². The Kier molecular flexibility index (Phi) is 4.32. The highest BCUT2D eigenvalue weighted by atomic mass is 32.1. The van der Waals surface area contributed by atoms with E-state index in [0.29, 0.717) is 12.5 Å². The van der Waals surface area contributed by atoms with Gasteiger partial charge in [0.2, 0.25) is 5.88 Å². The van der Waals surface area contributed by atoms with Crippen molar-refractivity contribution >= 4 is 18.4 Å². The molecule has 0 N–H and O–H groups in total. The van der Waals surface area contributed by atoms with E-state index < -0.39 is 0 Å². The predicted molar refractivity (Wildman–Crippen MR) is 81.5 cm³/mol. The Morgan fingerprint density at radius 3 is 2.79 bits per heavy atom. The van der Waals surface area contributed by atoms with Crippen molar-refractivity contribution in [1.29, 1.82) is 0 Å². The van der Waals surface area contributed by atoms with Crippen molar-refractivity contribution in [2.75, 3.05) is 0 Å². The Labute approximate surface area is 119 Å². The first-order valence-corrected chi connectivity index (χ1v) is 6.66. The van der Waals surface area contributed by atoms with Gasteiger partial charge in [0.1, 0.15) is 6.61 Å². The van der Waals surface area contributed by atoms with Gasteiger partial charge in [-0.15, -0.1) is 5.10 Å². The number of aromatic nitrogens is 2. The van der Waals surface area contributed by atoms with E-state index in [1.807, 2.05) is 6.92 Å². The lowest BCUT2D eigenvalue weighted by molar-refractivity contribution is 0.291. The molecule has 0 unspecified atom stereocenters. The molecule has 4 heteroatoms. The van der Waals surface area contributed by atoms with Gasteiger partial charge in [0.15, 0.2) is 0 Å². The fraction of sp³-hybridized carbons (Fsp3) is 0.267. The summed E-state index contributed by atoms with van der Waals surface area (Å²) in [5.74, 6) is 0.577. The van der Waals surface area contributed by atoms with E-state index in [9.17, 15) is 0 Å². The summed E-state index contributed by atoms with van der Waals surface area (Å²) in [6.07, 6.45) is 2.71. The highest BCUT2D eigenvalue weighted by Crippen LogP contribution is 2.23. The number of hydrogen-bond donors (Lipinski definition) is 1. The maximum absolute atomic E-state index is 5.72. The van der Waals surface area contributed by atoms with Crippen LogP contribution < -0.4 is 4.74 Å². The minimum absolute atomic E-state index is 0.497. The molecule has 0 saturated carbocycles. The molecule has 2 rings (SSSR count). The van der Waals surface area contributed by atoms with E-state index in [0.717, 1.165) is 17.6 Å². The predicted octanol–water partition coefficient (Wildman–Crippen LogP) is 3.75. The van der Waals surface area contributed by atoms with Gasteiger partial charge >= 0.3 is 0 Å². The fourth-order valence-corrected chi connectivity index (χ4v) is 2.21. The van der Waals surface area contributed by atoms with Crippen molar-refractivity contribution in [3.63, 3.8) is 0 Å². The van der Waals surface area contributed by atoms with Crippen molar-refractivity contribution < 1.29 is 4.74 Å². The second-order valence-electron chi connectivity index (χ2n) is 4.44. The molecule has 0 bridgehead atoms. The molecule has 0 radical (unpaired) electrons. The summed E-state index contributed by atoms with van der Waals surface area (Å²) >= 11 is 4.09. The first-order valence-electron chi connectivity index (χ1n) is 6.26. The summed E-state index contributed by atoms with van der Waals surface area (Å²) in [4.78, 5) is 0. The second kappa shape index (κ2) is 5.97. The largest absolute Gasteiger partial charge is 0.472 e. The zero-order valence-electron chi connectivity index (χ0n) is 11.3. The van der Waals surface area contributed by atoms with Crippen molar-refractivity contribution in [3.8, 4) is 5.88 Å². The number of allylic oxidation sites excluding steroid dienone is 1. The summed E-state index contributed by atoms with van der Waals surface area (Å²) in [7, 11) is 0. The molecule has 100 valence electrons. The molecule has 19 heavy (non-hydrogen) atoms. The van der Waals surface area contributed by atoms with Crippen LogP contribution in [-0.2, 0) is 13.0 Å². The smallest absolute Gasteiger partial charge is 0.234 e. The Morgan fingerprint density at radius 1 is 1.42 bits per heavy atom. The van der Waals surface area contributed by atoms with Gasteiger partial charge in [-0.25, -0.2) is 4.09 Å². The van der Waals surface area contributed by atoms with Crippen molar-refractivity contribution in [2.24, 2.45) is 0 Å². The number of aryl methyl sites for hydroxylation is 1. The zero-order valence-corrected chi connectivity index (χ0v) is 12.2. The number of thiol groups is 1. The molecule has 0 amide bonds. The molecular formula is C15H18N2OS. The summed E-state index contributed by atoms with van der Waals surface area (Å²) in [6, 6.07) is 8.07. The highest BCUT2D eigenvalue weighted by Gasteiger charge is 2.09. The van der Waals surface area contributed by atoms with Gasteiger partial charge in [-0.1, -0.05) is 37.3 Å². The third kappa shape index (κ3) is 3.20. The van der Waals surface area contributed by atoms with Gasteiger partial charge in [-0.3, -0.25) is 0 Å². The first-order chi connectivity index (χ1) is 9.11. The van der Waals surface area contributed by atoms with Crippen LogP contribution in [0.3, 0.4) is 0 Å². The monoisotopic (exact) mass is 274 g/mol. The maximum Gasteiger partial charge on any atom is 0.234 e. The number of ether oxygens (including phenoxy) is 1. The van der Waals surface area contributed by atoms with Gasteiger partial charge in [-0.05, 0) is 42.8 Å². The van der Waals surface area contributed by atoms with Crippen LogP contribution in [0.4, 0.5) is 0 Å². The van der Waals surface area contributed by atoms with Crippen LogP contribution in [0.1, 0.15) is 30.5 Å². The minimum Gasteiger partial charge on any atom is -0.472 e. The summed E-state index contributed by atoms with van der Waals surface area (Å²) < 4.78 is 7.16. The number of hydrogen-bond acceptors (Lipinski definition) is 3. The normalized spacial score (nSPS) is 10.5. The van der Waals surface area contributed by atoms with Crippen LogP contribution in [0.5, 0.6) is 5.88 Å². The highest BCUT2D eigenvalue weighted by molar-refractivity contribution is 7.78. The third-order valence-corrected chi connectivity index (χ3v) is 3.25. The van der Waals surface area contributed by atoms with Crippen LogP contribution >= 0.6 is 12.8 Å². The molecule has 0 aliphatic rings. The summed E-state index contributed by atoms with van der Waals surface area (Å²) in [6.45, 7) is 8.69. The Bertz CT molecular complexity index is 590. The lowest BCUT2D eigenvalue weighted by Gasteiger charge is -2.14. The lowest BCUT2D eigenvalue weighted by atomic mass is 9.96. The van der Waals surface area contributed by atoms with Crippen molar-refractivity contribution in [1.82, 2.24) is 9.19 Å². The molecule has 3 nitrogen and oxygen atoms in total. The van der Waals surface area contributed by atoms with Gasteiger partial charge in [0.05, 0.1) is 0 Å². The van der Waals surface area contributed by atoms with E-state index in [2.05, 4.69) is 49.6 Å². The van der Waals surface area contributed by atoms with E-state index in [-0.39, 0.29) is 0 Å². The summed E-state index contributed by atoms with van der Waals surface area (Å²) in [5.41, 5.74) is 4.68. The van der Waals surface area contributed by atoms with Gasteiger partial charge in [0, 0.05) is 12.3 Å². The number of rotatable bonds is 5. The Balaban J connectivity index is 2.25. The molecule has 0 aliphatic heterocycles. The van der Waals surface area contributed by atoms with E-state index >= 15 is 0 Å². The number of nitrogens with zero attached hydrogens (tertiary/aromatic N) is 2. The molecule has 0 aliphatic carbocycles. The molecule has 2 aromatic rings. The molecule has 1 aromatic carbocycles. The average molecular weight is 274 g/mol. The third-order valence-electron chi connectivity index (χ3n) is 3.03. The SMILES string of the molecule is C=C(C)c1cccc(CC)c1COc1ccn(S)n1. The topological polar surface area (TPSA) is 27.1 Å². The number of benzene rings is 1. The van der Waals surface area contributed by atoms with E-state index in [1.54, 1.807) is 12.3 Å². The van der Waals surface area contributed by atoms with Gasteiger partial charge in [-0.2, -0.15) is 0 Å². The van der Waals surface area contributed by atoms with E-state index in [1.165, 1.54) is 15.2 Å². The van der Waals surface area contributed by atoms with Gasteiger partial charge < -0.3 is 4.74 Å².